The first-order valence-electron chi connectivity index (χ1n) is 8.33. The second-order valence-corrected chi connectivity index (χ2v) is 7.81. The molecule has 4 aliphatic carbocycles. The molecule has 152 valence electrons. The van der Waals surface area contributed by atoms with E-state index in [2.05, 4.69) is 4.74 Å². The molecule has 5 nitrogen and oxygen atoms in total. The topological polar surface area (TPSA) is 80.7 Å². The third-order valence-electron chi connectivity index (χ3n) is 6.01. The fourth-order valence-electron chi connectivity index (χ4n) is 4.99. The average Bonchev–Trinajstić information content (AvgIpc) is 2.48. The van der Waals surface area contributed by atoms with Crippen LogP contribution in [-0.4, -0.2) is 40.8 Å². The normalized spacial score (nSPS) is 33.3. The van der Waals surface area contributed by atoms with Crippen molar-refractivity contribution in [1.82, 2.24) is 0 Å². The van der Waals surface area contributed by atoms with Crippen LogP contribution in [0.3, 0.4) is 0 Å². The second kappa shape index (κ2) is 5.84. The minimum atomic E-state index is -6.17. The zero-order valence-corrected chi connectivity index (χ0v) is 13.8. The molecule has 0 spiro atoms. The number of ether oxygens (including phenoxy) is 1. The first kappa shape index (κ1) is 19.9. The summed E-state index contributed by atoms with van der Waals surface area (Å²) in [4.78, 5) is 35.4. The number of halogens is 6. The molecule has 4 bridgehead atoms. The lowest BCUT2D eigenvalue weighted by molar-refractivity contribution is -0.372. The van der Waals surface area contributed by atoms with Crippen molar-refractivity contribution < 1.29 is 50.6 Å². The second-order valence-electron chi connectivity index (χ2n) is 7.81. The third kappa shape index (κ3) is 2.98. The molecule has 0 aliphatic heterocycles. The zero-order chi connectivity index (χ0) is 20.4. The molecule has 0 radical (unpaired) electrons. The number of aliphatic carboxylic acids is 1. The highest BCUT2D eigenvalue weighted by Crippen LogP contribution is 2.60. The molecule has 0 saturated heterocycles. The van der Waals surface area contributed by atoms with Gasteiger partial charge < -0.3 is 9.84 Å². The molecule has 4 aliphatic rings. The first-order chi connectivity index (χ1) is 12.2. The van der Waals surface area contributed by atoms with Gasteiger partial charge in [0.05, 0.1) is 5.41 Å². The van der Waals surface area contributed by atoms with Gasteiger partial charge >= 0.3 is 29.9 Å². The molecule has 2 unspecified atom stereocenters. The molecule has 4 fully saturated rings. The number of hydrogen-bond acceptors (Lipinski definition) is 4. The van der Waals surface area contributed by atoms with E-state index in [0.717, 1.165) is 0 Å². The maximum Gasteiger partial charge on any atom is 0.438 e. The van der Waals surface area contributed by atoms with Gasteiger partial charge in [-0.3, -0.25) is 14.4 Å². The van der Waals surface area contributed by atoms with E-state index < -0.39 is 53.6 Å². The van der Waals surface area contributed by atoms with Crippen molar-refractivity contribution in [3.05, 3.63) is 0 Å². The molecule has 0 aromatic rings. The summed E-state index contributed by atoms with van der Waals surface area (Å²) in [6.07, 6.45) is -14.2. The molecule has 4 saturated carbocycles. The Bertz CT molecular complexity index is 650. The molecule has 11 heteroatoms. The number of esters is 1. The van der Waals surface area contributed by atoms with E-state index in [-0.39, 0.29) is 31.0 Å². The number of Topliss-reactive ketones (excluding diaryl/α,β-unsaturated/α-hetero) is 1. The Hall–Kier alpha value is -1.81. The SMILES string of the molecule is O=C(O)CC(OC(=O)C12CC3CC(C1)C(=O)C(C3)C2)(C(F)(F)F)C(F)(F)F. The number of rotatable bonds is 4. The van der Waals surface area contributed by atoms with Crippen LogP contribution in [0.15, 0.2) is 0 Å². The van der Waals surface area contributed by atoms with Crippen molar-refractivity contribution in [3.63, 3.8) is 0 Å². The van der Waals surface area contributed by atoms with E-state index in [4.69, 9.17) is 5.11 Å². The van der Waals surface area contributed by atoms with Crippen LogP contribution in [-0.2, 0) is 19.1 Å². The van der Waals surface area contributed by atoms with Gasteiger partial charge in [0.1, 0.15) is 12.2 Å². The van der Waals surface area contributed by atoms with Crippen LogP contribution in [0.1, 0.15) is 38.5 Å². The molecule has 27 heavy (non-hydrogen) atoms. The Morgan fingerprint density at radius 1 is 1.00 bits per heavy atom. The summed E-state index contributed by atoms with van der Waals surface area (Å²) < 4.78 is 83.9. The van der Waals surface area contributed by atoms with Crippen molar-refractivity contribution in [3.8, 4) is 0 Å². The summed E-state index contributed by atoms with van der Waals surface area (Å²) in [6.45, 7) is 0. The summed E-state index contributed by atoms with van der Waals surface area (Å²) in [5.41, 5.74) is -6.74. The smallest absolute Gasteiger partial charge is 0.438 e. The van der Waals surface area contributed by atoms with Crippen molar-refractivity contribution in [1.29, 1.82) is 0 Å². The van der Waals surface area contributed by atoms with Crippen molar-refractivity contribution in [2.24, 2.45) is 23.2 Å². The molecule has 1 N–H and O–H groups in total. The van der Waals surface area contributed by atoms with Crippen molar-refractivity contribution >= 4 is 17.7 Å². The van der Waals surface area contributed by atoms with Crippen LogP contribution in [0.4, 0.5) is 26.3 Å². The van der Waals surface area contributed by atoms with Crippen LogP contribution in [0.5, 0.6) is 0 Å². The molecule has 0 heterocycles. The molecular weight excluding hydrogens is 386 g/mol. The quantitative estimate of drug-likeness (QED) is 0.577. The summed E-state index contributed by atoms with van der Waals surface area (Å²) >= 11 is 0. The highest BCUT2D eigenvalue weighted by molar-refractivity contribution is 5.90. The monoisotopic (exact) mass is 402 g/mol. The van der Waals surface area contributed by atoms with Gasteiger partial charge in [-0.15, -0.1) is 0 Å². The third-order valence-corrected chi connectivity index (χ3v) is 6.01. The minimum Gasteiger partial charge on any atom is -0.481 e. The Balaban J connectivity index is 1.96. The lowest BCUT2D eigenvalue weighted by Crippen LogP contribution is -2.63. The highest BCUT2D eigenvalue weighted by atomic mass is 19.4. The summed E-state index contributed by atoms with van der Waals surface area (Å²) in [6, 6.07) is 0. The lowest BCUT2D eigenvalue weighted by Gasteiger charge is -2.54. The summed E-state index contributed by atoms with van der Waals surface area (Å²) in [7, 11) is 0. The molecule has 0 aromatic carbocycles. The van der Waals surface area contributed by atoms with E-state index >= 15 is 0 Å². The Labute approximate surface area is 149 Å². The molecule has 2 atom stereocenters. The number of hydrogen-bond donors (Lipinski definition) is 1. The fraction of sp³-hybridized carbons (Fsp3) is 0.812. The van der Waals surface area contributed by atoms with E-state index in [9.17, 15) is 40.7 Å². The van der Waals surface area contributed by atoms with Crippen LogP contribution < -0.4 is 0 Å². The first-order valence-corrected chi connectivity index (χ1v) is 8.33. The predicted molar refractivity (Wildman–Crippen MR) is 74.2 cm³/mol. The van der Waals surface area contributed by atoms with E-state index in [1.807, 2.05) is 0 Å². The van der Waals surface area contributed by atoms with Crippen molar-refractivity contribution in [2.75, 3.05) is 0 Å². The van der Waals surface area contributed by atoms with Crippen LogP contribution >= 0.6 is 0 Å². The van der Waals surface area contributed by atoms with Gasteiger partial charge in [-0.05, 0) is 38.0 Å². The largest absolute Gasteiger partial charge is 0.481 e. The Morgan fingerprint density at radius 2 is 1.48 bits per heavy atom. The molecule has 0 aromatic heterocycles. The minimum absolute atomic E-state index is 0.0466. The highest BCUT2D eigenvalue weighted by Gasteiger charge is 2.76. The number of carbonyl (C=O) groups is 3. The van der Waals surface area contributed by atoms with Gasteiger partial charge in [0.15, 0.2) is 0 Å². The maximum absolute atomic E-state index is 13.3. The Kier molecular flexibility index (Phi) is 4.31. The Morgan fingerprint density at radius 3 is 1.89 bits per heavy atom. The standard InChI is InChI=1S/C16H16F6O5/c17-15(18,19)14(6-10(23)24,16(20,21)22)27-12(26)13-3-7-1-8(4-13)11(25)9(2-7)5-13/h7-9H,1-6H2,(H,23,24). The van der Waals surface area contributed by atoms with Crippen LogP contribution in [0.2, 0.25) is 0 Å². The van der Waals surface area contributed by atoms with Crippen molar-refractivity contribution in [2.45, 2.75) is 56.5 Å². The molecule has 4 rings (SSSR count). The number of carboxylic acids is 1. The van der Waals surface area contributed by atoms with E-state index in [1.54, 1.807) is 0 Å². The van der Waals surface area contributed by atoms with E-state index in [1.165, 1.54) is 0 Å². The number of carboxylic acid groups (broad SMARTS) is 1. The maximum atomic E-state index is 13.3. The van der Waals surface area contributed by atoms with Crippen LogP contribution in [0.25, 0.3) is 0 Å². The predicted octanol–water partition coefficient (Wildman–Crippen LogP) is 3.26. The number of carbonyl (C=O) groups excluding carboxylic acids is 2. The van der Waals surface area contributed by atoms with Gasteiger partial charge in [0.25, 0.3) is 0 Å². The molecule has 0 amide bonds. The van der Waals surface area contributed by atoms with E-state index in [0.29, 0.717) is 12.8 Å². The lowest BCUT2D eigenvalue weighted by atomic mass is 9.49. The zero-order valence-electron chi connectivity index (χ0n) is 13.8. The van der Waals surface area contributed by atoms with Gasteiger partial charge in [-0.2, -0.15) is 26.3 Å². The summed E-state index contributed by atoms with van der Waals surface area (Å²) in [5.74, 6) is -5.52. The summed E-state index contributed by atoms with van der Waals surface area (Å²) in [5, 5.41) is 8.62. The van der Waals surface area contributed by atoms with Gasteiger partial charge in [0.2, 0.25) is 0 Å². The molecular formula is C16H16F6O5. The number of alkyl halides is 6. The van der Waals surface area contributed by atoms with Gasteiger partial charge in [-0.1, -0.05) is 0 Å². The van der Waals surface area contributed by atoms with Gasteiger partial charge in [0, 0.05) is 11.8 Å². The van der Waals surface area contributed by atoms with Crippen LogP contribution in [0, 0.1) is 23.2 Å². The average molecular weight is 402 g/mol. The fourth-order valence-corrected chi connectivity index (χ4v) is 4.99. The number of ketones is 1. The van der Waals surface area contributed by atoms with Gasteiger partial charge in [-0.25, -0.2) is 0 Å².